The van der Waals surface area contributed by atoms with Crippen molar-refractivity contribution < 1.29 is 33.0 Å². The topological polar surface area (TPSA) is 99.1 Å². The third kappa shape index (κ3) is 16.9. The molecule has 7 nitrogen and oxygen atoms in total. The van der Waals surface area contributed by atoms with Crippen molar-refractivity contribution in [1.29, 1.82) is 0 Å². The summed E-state index contributed by atoms with van der Waals surface area (Å²) in [5, 5.41) is 9.58. The SMILES string of the molecule is CCCc1cc(C)c(CCCCCCCCCCC(=O)O[C@@H](CO)COC(=O)CCCCCCCCc2oc(CCC)c(C)c2C)o1. The third-order valence-electron chi connectivity index (χ3n) is 9.19. The maximum Gasteiger partial charge on any atom is 0.306 e. The molecule has 0 unspecified atom stereocenters. The minimum Gasteiger partial charge on any atom is -0.466 e. The van der Waals surface area contributed by atoms with Gasteiger partial charge < -0.3 is 23.4 Å². The van der Waals surface area contributed by atoms with Crippen molar-refractivity contribution in [3.05, 3.63) is 45.8 Å². The van der Waals surface area contributed by atoms with E-state index in [1.165, 1.54) is 48.8 Å². The van der Waals surface area contributed by atoms with E-state index in [1.807, 2.05) is 0 Å². The Hall–Kier alpha value is -2.54. The highest BCUT2D eigenvalue weighted by Gasteiger charge is 2.16. The molecule has 0 aromatic carbocycles. The van der Waals surface area contributed by atoms with Gasteiger partial charge in [-0.3, -0.25) is 9.59 Å². The van der Waals surface area contributed by atoms with Crippen LogP contribution in [0.2, 0.25) is 0 Å². The van der Waals surface area contributed by atoms with Gasteiger partial charge in [-0.25, -0.2) is 0 Å². The Kier molecular flexibility index (Phi) is 21.3. The first-order chi connectivity index (χ1) is 22.8. The zero-order valence-corrected chi connectivity index (χ0v) is 30.5. The highest BCUT2D eigenvalue weighted by atomic mass is 16.6. The molecule has 1 atom stereocenters. The molecule has 0 amide bonds. The lowest BCUT2D eigenvalue weighted by molar-refractivity contribution is -0.161. The van der Waals surface area contributed by atoms with Gasteiger partial charge in [0.25, 0.3) is 0 Å². The van der Waals surface area contributed by atoms with E-state index >= 15 is 0 Å². The molecule has 7 heteroatoms. The molecule has 0 saturated heterocycles. The second-order valence-corrected chi connectivity index (χ2v) is 13.4. The Morgan fingerprint density at radius 3 is 1.68 bits per heavy atom. The van der Waals surface area contributed by atoms with Crippen LogP contribution >= 0.6 is 0 Å². The summed E-state index contributed by atoms with van der Waals surface area (Å²) in [6.45, 7) is 10.4. The van der Waals surface area contributed by atoms with Gasteiger partial charge in [-0.1, -0.05) is 78.1 Å². The molecule has 0 aliphatic rings. The second-order valence-electron chi connectivity index (χ2n) is 13.4. The average Bonchev–Trinajstić information content (AvgIpc) is 3.54. The highest BCUT2D eigenvalue weighted by molar-refractivity contribution is 5.70. The molecule has 1 N–H and O–H groups in total. The number of furan rings is 2. The summed E-state index contributed by atoms with van der Waals surface area (Å²) in [4.78, 5) is 24.4. The van der Waals surface area contributed by atoms with Crippen molar-refractivity contribution >= 4 is 11.9 Å². The number of aliphatic hydroxyl groups is 1. The maximum absolute atomic E-state index is 12.2. The molecular weight excluding hydrogens is 592 g/mol. The van der Waals surface area contributed by atoms with Gasteiger partial charge in [-0.05, 0) is 82.1 Å². The Balaban J connectivity index is 1.40. The molecule has 0 aliphatic carbocycles. The first-order valence-corrected chi connectivity index (χ1v) is 18.9. The van der Waals surface area contributed by atoms with Crippen LogP contribution in [0.15, 0.2) is 14.9 Å². The van der Waals surface area contributed by atoms with Crippen LogP contribution < -0.4 is 0 Å². The summed E-state index contributed by atoms with van der Waals surface area (Å²) < 4.78 is 22.7. The van der Waals surface area contributed by atoms with E-state index in [0.717, 1.165) is 119 Å². The van der Waals surface area contributed by atoms with Crippen LogP contribution in [-0.4, -0.2) is 36.4 Å². The monoisotopic (exact) mass is 658 g/mol. The van der Waals surface area contributed by atoms with Gasteiger partial charge in [-0.15, -0.1) is 0 Å². The average molecular weight is 659 g/mol. The number of rotatable bonds is 28. The molecule has 0 radical (unpaired) electrons. The molecule has 0 spiro atoms. The van der Waals surface area contributed by atoms with Crippen LogP contribution in [0.5, 0.6) is 0 Å². The van der Waals surface area contributed by atoms with Crippen LogP contribution in [0.4, 0.5) is 0 Å². The van der Waals surface area contributed by atoms with Crippen LogP contribution in [0.25, 0.3) is 0 Å². The fourth-order valence-electron chi connectivity index (χ4n) is 6.14. The number of aliphatic hydroxyl groups excluding tert-OH is 1. The molecular formula is C40H66O7. The Labute approximate surface area is 285 Å². The summed E-state index contributed by atoms with van der Waals surface area (Å²) in [5.41, 5.74) is 3.91. The van der Waals surface area contributed by atoms with Crippen LogP contribution in [0, 0.1) is 20.8 Å². The van der Waals surface area contributed by atoms with E-state index in [9.17, 15) is 14.7 Å². The van der Waals surface area contributed by atoms with Crippen LogP contribution in [0.3, 0.4) is 0 Å². The predicted octanol–water partition coefficient (Wildman–Crippen LogP) is 10.2. The van der Waals surface area contributed by atoms with Crippen molar-refractivity contribution in [3.8, 4) is 0 Å². The molecule has 0 bridgehead atoms. The molecule has 2 aromatic heterocycles. The molecule has 0 fully saturated rings. The van der Waals surface area contributed by atoms with Crippen molar-refractivity contribution in [1.82, 2.24) is 0 Å². The number of hydrogen-bond acceptors (Lipinski definition) is 7. The molecule has 2 aromatic rings. The van der Waals surface area contributed by atoms with Crippen LogP contribution in [0.1, 0.15) is 169 Å². The first-order valence-electron chi connectivity index (χ1n) is 18.9. The number of carbonyl (C=O) groups excluding carboxylic acids is 2. The fourth-order valence-corrected chi connectivity index (χ4v) is 6.14. The molecule has 47 heavy (non-hydrogen) atoms. The summed E-state index contributed by atoms with van der Waals surface area (Å²) >= 11 is 0. The largest absolute Gasteiger partial charge is 0.466 e. The lowest BCUT2D eigenvalue weighted by Crippen LogP contribution is -2.28. The number of esters is 2. The van der Waals surface area contributed by atoms with E-state index in [0.29, 0.717) is 12.8 Å². The zero-order valence-electron chi connectivity index (χ0n) is 30.5. The van der Waals surface area contributed by atoms with Crippen molar-refractivity contribution in [3.63, 3.8) is 0 Å². The Bertz CT molecular complexity index is 1130. The quantitative estimate of drug-likeness (QED) is 0.0717. The van der Waals surface area contributed by atoms with Crippen molar-refractivity contribution in [2.75, 3.05) is 13.2 Å². The minimum atomic E-state index is -0.797. The highest BCUT2D eigenvalue weighted by Crippen LogP contribution is 2.24. The molecule has 0 saturated carbocycles. The van der Waals surface area contributed by atoms with E-state index in [-0.39, 0.29) is 25.2 Å². The van der Waals surface area contributed by atoms with E-state index in [1.54, 1.807) is 0 Å². The number of carbonyl (C=O) groups is 2. The number of unbranched alkanes of at least 4 members (excludes halogenated alkanes) is 12. The third-order valence-corrected chi connectivity index (χ3v) is 9.19. The number of aryl methyl sites for hydroxylation is 5. The number of hydrogen-bond donors (Lipinski definition) is 1. The fraction of sp³-hybridized carbons (Fsp3) is 0.750. The van der Waals surface area contributed by atoms with Crippen molar-refractivity contribution in [2.24, 2.45) is 0 Å². The van der Waals surface area contributed by atoms with Gasteiger partial charge in [0.15, 0.2) is 6.10 Å². The minimum absolute atomic E-state index is 0.0912. The lowest BCUT2D eigenvalue weighted by atomic mass is 10.0. The molecule has 268 valence electrons. The van der Waals surface area contributed by atoms with Crippen LogP contribution in [-0.2, 0) is 44.7 Å². The Morgan fingerprint density at radius 1 is 0.638 bits per heavy atom. The Morgan fingerprint density at radius 2 is 1.13 bits per heavy atom. The summed E-state index contributed by atoms with van der Waals surface area (Å²) in [6.07, 6.45) is 21.3. The van der Waals surface area contributed by atoms with Gasteiger partial charge >= 0.3 is 11.9 Å². The standard InChI is InChI=1S/C40H66O7/c1-6-22-34-28-31(3)36(45-34)24-18-14-10-8-9-11-17-21-27-40(43)46-35(29-41)30-44-39(42)26-20-16-13-12-15-19-25-38-33(5)32(4)37(47-38)23-7-2/h28,35,41H,6-27,29-30H2,1-5H3/t35-/m0/s1. The van der Waals surface area contributed by atoms with Gasteiger partial charge in [0, 0.05) is 38.5 Å². The molecule has 2 rings (SSSR count). The van der Waals surface area contributed by atoms with E-state index in [2.05, 4.69) is 40.7 Å². The first kappa shape index (κ1) is 40.6. The molecule has 2 heterocycles. The van der Waals surface area contributed by atoms with Gasteiger partial charge in [0.2, 0.25) is 0 Å². The maximum atomic E-state index is 12.2. The molecule has 0 aliphatic heterocycles. The second kappa shape index (κ2) is 24.6. The zero-order chi connectivity index (χ0) is 34.3. The van der Waals surface area contributed by atoms with E-state index in [4.69, 9.17) is 18.3 Å². The smallest absolute Gasteiger partial charge is 0.306 e. The van der Waals surface area contributed by atoms with Crippen molar-refractivity contribution in [2.45, 2.75) is 182 Å². The van der Waals surface area contributed by atoms with Gasteiger partial charge in [0.05, 0.1) is 6.61 Å². The van der Waals surface area contributed by atoms with Gasteiger partial charge in [-0.2, -0.15) is 0 Å². The lowest BCUT2D eigenvalue weighted by Gasteiger charge is -2.15. The van der Waals surface area contributed by atoms with Gasteiger partial charge in [0.1, 0.15) is 29.6 Å². The summed E-state index contributed by atoms with van der Waals surface area (Å²) in [5.74, 6) is 3.92. The predicted molar refractivity (Wildman–Crippen MR) is 189 cm³/mol. The van der Waals surface area contributed by atoms with E-state index < -0.39 is 6.10 Å². The number of ether oxygens (including phenoxy) is 2. The summed E-state index contributed by atoms with van der Waals surface area (Å²) in [7, 11) is 0. The summed E-state index contributed by atoms with van der Waals surface area (Å²) in [6, 6.07) is 2.19. The normalized spacial score (nSPS) is 12.0.